The number of nitrogens with one attached hydrogen (secondary N) is 1. The van der Waals surface area contributed by atoms with E-state index in [4.69, 9.17) is 5.11 Å². The van der Waals surface area contributed by atoms with Crippen LogP contribution in [0.3, 0.4) is 0 Å². The lowest BCUT2D eigenvalue weighted by molar-refractivity contribution is -0.143. The monoisotopic (exact) mass is 343 g/mol. The maximum atomic E-state index is 13.4. The van der Waals surface area contributed by atoms with Crippen molar-refractivity contribution in [3.63, 3.8) is 0 Å². The highest BCUT2D eigenvalue weighted by atomic mass is 79.9. The van der Waals surface area contributed by atoms with Crippen molar-refractivity contribution >= 4 is 27.8 Å². The molecular formula is C14H15BrFNO3. The predicted molar refractivity (Wildman–Crippen MR) is 74.9 cm³/mol. The molecule has 1 amide bonds. The van der Waals surface area contributed by atoms with Gasteiger partial charge in [-0.15, -0.1) is 0 Å². The summed E-state index contributed by atoms with van der Waals surface area (Å²) >= 11 is 3.03. The number of benzene rings is 1. The summed E-state index contributed by atoms with van der Waals surface area (Å²) in [6.45, 7) is 0. The molecule has 1 aromatic carbocycles. The number of amides is 1. The van der Waals surface area contributed by atoms with Crippen LogP contribution in [0.5, 0.6) is 0 Å². The number of hydrogen-bond donors (Lipinski definition) is 2. The van der Waals surface area contributed by atoms with Crippen molar-refractivity contribution in [1.82, 2.24) is 5.32 Å². The summed E-state index contributed by atoms with van der Waals surface area (Å²) in [7, 11) is 0. The van der Waals surface area contributed by atoms with Crippen molar-refractivity contribution in [2.45, 2.75) is 31.7 Å². The zero-order valence-electron chi connectivity index (χ0n) is 10.7. The van der Waals surface area contributed by atoms with Crippen molar-refractivity contribution in [3.05, 3.63) is 34.1 Å². The zero-order chi connectivity index (χ0) is 14.7. The Morgan fingerprint density at radius 3 is 2.75 bits per heavy atom. The van der Waals surface area contributed by atoms with E-state index in [1.54, 1.807) is 0 Å². The van der Waals surface area contributed by atoms with Gasteiger partial charge in [0.25, 0.3) is 5.91 Å². The summed E-state index contributed by atoms with van der Waals surface area (Å²) in [6, 6.07) is 4.01. The number of hydrogen-bond acceptors (Lipinski definition) is 2. The molecule has 4 nitrogen and oxygen atoms in total. The fourth-order valence-electron chi connectivity index (χ4n) is 2.45. The van der Waals surface area contributed by atoms with Gasteiger partial charge in [-0.3, -0.25) is 9.59 Å². The van der Waals surface area contributed by atoms with Crippen LogP contribution < -0.4 is 5.32 Å². The first kappa shape index (κ1) is 15.0. The molecule has 0 heterocycles. The van der Waals surface area contributed by atoms with Gasteiger partial charge in [0.05, 0.1) is 10.4 Å². The Labute approximate surface area is 124 Å². The minimum absolute atomic E-state index is 0.163. The molecule has 1 fully saturated rings. The van der Waals surface area contributed by atoms with E-state index in [2.05, 4.69) is 21.2 Å². The zero-order valence-corrected chi connectivity index (χ0v) is 12.3. The molecule has 1 aromatic rings. The normalized spacial score (nSPS) is 22.3. The number of carbonyl (C=O) groups excluding carboxylic acids is 1. The van der Waals surface area contributed by atoms with Crippen molar-refractivity contribution in [2.24, 2.45) is 5.92 Å². The minimum atomic E-state index is -0.821. The molecule has 0 bridgehead atoms. The lowest BCUT2D eigenvalue weighted by atomic mass is 9.85. The van der Waals surface area contributed by atoms with E-state index in [1.165, 1.54) is 12.1 Å². The number of carbonyl (C=O) groups is 2. The number of carboxylic acid groups (broad SMARTS) is 1. The van der Waals surface area contributed by atoms with Crippen LogP contribution in [-0.2, 0) is 4.79 Å². The molecule has 6 heteroatoms. The summed E-state index contributed by atoms with van der Waals surface area (Å²) in [5, 5.41) is 11.8. The molecule has 1 aliphatic rings. The second-order valence-corrected chi connectivity index (χ2v) is 5.86. The molecule has 1 aliphatic carbocycles. The summed E-state index contributed by atoms with van der Waals surface area (Å²) in [5.74, 6) is -2.09. The van der Waals surface area contributed by atoms with Gasteiger partial charge in [-0.25, -0.2) is 4.39 Å². The molecule has 2 unspecified atom stereocenters. The van der Waals surface area contributed by atoms with Crippen LogP contribution in [0.2, 0.25) is 0 Å². The number of halogens is 2. The molecular weight excluding hydrogens is 329 g/mol. The minimum Gasteiger partial charge on any atom is -0.481 e. The van der Waals surface area contributed by atoms with Gasteiger partial charge in [-0.2, -0.15) is 0 Å². The van der Waals surface area contributed by atoms with Crippen LogP contribution in [0.1, 0.15) is 36.0 Å². The van der Waals surface area contributed by atoms with Gasteiger partial charge in [0, 0.05) is 11.6 Å². The highest BCUT2D eigenvalue weighted by Gasteiger charge is 2.28. The van der Waals surface area contributed by atoms with Gasteiger partial charge >= 0.3 is 5.97 Å². The fourth-order valence-corrected chi connectivity index (χ4v) is 2.70. The van der Waals surface area contributed by atoms with E-state index in [-0.39, 0.29) is 17.5 Å². The molecule has 2 atom stereocenters. The van der Waals surface area contributed by atoms with Crippen LogP contribution in [-0.4, -0.2) is 23.0 Å². The van der Waals surface area contributed by atoms with E-state index < -0.39 is 17.7 Å². The molecule has 0 spiro atoms. The van der Waals surface area contributed by atoms with Crippen LogP contribution in [0.15, 0.2) is 22.7 Å². The molecule has 20 heavy (non-hydrogen) atoms. The van der Waals surface area contributed by atoms with Gasteiger partial charge in [0.2, 0.25) is 0 Å². The Morgan fingerprint density at radius 2 is 2.10 bits per heavy atom. The molecule has 0 aliphatic heterocycles. The average Bonchev–Trinajstić information content (AvgIpc) is 2.42. The standard InChI is InChI=1S/C14H15BrFNO3/c15-11-5-4-8(7-12(11)16)13(18)17-10-3-1-2-9(6-10)14(19)20/h4-5,7,9-10H,1-3,6H2,(H,17,18)(H,19,20). The van der Waals surface area contributed by atoms with Crippen molar-refractivity contribution < 1.29 is 19.1 Å². The van der Waals surface area contributed by atoms with E-state index >= 15 is 0 Å². The lowest BCUT2D eigenvalue weighted by Gasteiger charge is -2.27. The van der Waals surface area contributed by atoms with Crippen molar-refractivity contribution in [2.75, 3.05) is 0 Å². The van der Waals surface area contributed by atoms with E-state index in [0.29, 0.717) is 17.3 Å². The van der Waals surface area contributed by atoms with Gasteiger partial charge in [-0.05, 0) is 53.4 Å². The second-order valence-electron chi connectivity index (χ2n) is 5.00. The third kappa shape index (κ3) is 3.56. The number of aliphatic carboxylic acids is 1. The smallest absolute Gasteiger partial charge is 0.306 e. The lowest BCUT2D eigenvalue weighted by Crippen LogP contribution is -2.39. The van der Waals surface area contributed by atoms with Crippen LogP contribution in [0.25, 0.3) is 0 Å². The number of carboxylic acids is 1. The fraction of sp³-hybridized carbons (Fsp3) is 0.429. The third-order valence-corrected chi connectivity index (χ3v) is 4.18. The van der Waals surface area contributed by atoms with Crippen molar-refractivity contribution in [3.8, 4) is 0 Å². The second kappa shape index (κ2) is 6.35. The third-order valence-electron chi connectivity index (χ3n) is 3.54. The largest absolute Gasteiger partial charge is 0.481 e. The Kier molecular flexibility index (Phi) is 4.75. The highest BCUT2D eigenvalue weighted by Crippen LogP contribution is 2.25. The average molecular weight is 344 g/mol. The first-order valence-electron chi connectivity index (χ1n) is 6.46. The summed E-state index contributed by atoms with van der Waals surface area (Å²) in [4.78, 5) is 23.0. The Balaban J connectivity index is 2.00. The molecule has 2 N–H and O–H groups in total. The topological polar surface area (TPSA) is 66.4 Å². The molecule has 0 radical (unpaired) electrons. The van der Waals surface area contributed by atoms with Gasteiger partial charge < -0.3 is 10.4 Å². The summed E-state index contributed by atoms with van der Waals surface area (Å²) < 4.78 is 13.7. The van der Waals surface area contributed by atoms with Crippen LogP contribution in [0, 0.1) is 11.7 Å². The molecule has 108 valence electrons. The Bertz CT molecular complexity index is 535. The Hall–Kier alpha value is -1.43. The molecule has 1 saturated carbocycles. The quantitative estimate of drug-likeness (QED) is 0.886. The van der Waals surface area contributed by atoms with E-state index in [9.17, 15) is 14.0 Å². The maximum Gasteiger partial charge on any atom is 0.306 e. The van der Waals surface area contributed by atoms with Crippen LogP contribution >= 0.6 is 15.9 Å². The number of rotatable bonds is 3. The van der Waals surface area contributed by atoms with Crippen LogP contribution in [0.4, 0.5) is 4.39 Å². The van der Waals surface area contributed by atoms with E-state index in [1.807, 2.05) is 0 Å². The Morgan fingerprint density at radius 1 is 1.35 bits per heavy atom. The summed E-state index contributed by atoms with van der Waals surface area (Å²) in [5.41, 5.74) is 0.239. The van der Waals surface area contributed by atoms with Gasteiger partial charge in [-0.1, -0.05) is 6.42 Å². The first-order chi connectivity index (χ1) is 9.47. The molecule has 2 rings (SSSR count). The van der Waals surface area contributed by atoms with Gasteiger partial charge in [0.1, 0.15) is 5.82 Å². The highest BCUT2D eigenvalue weighted by molar-refractivity contribution is 9.10. The van der Waals surface area contributed by atoms with Crippen molar-refractivity contribution in [1.29, 1.82) is 0 Å². The van der Waals surface area contributed by atoms with E-state index in [0.717, 1.165) is 18.9 Å². The predicted octanol–water partition coefficient (Wildman–Crippen LogP) is 2.96. The molecule has 0 saturated heterocycles. The van der Waals surface area contributed by atoms with Gasteiger partial charge in [0.15, 0.2) is 0 Å². The summed E-state index contributed by atoms with van der Waals surface area (Å²) in [6.07, 6.45) is 2.61. The molecule has 0 aromatic heterocycles. The first-order valence-corrected chi connectivity index (χ1v) is 7.25. The SMILES string of the molecule is O=C(NC1CCCC(C(=O)O)C1)c1ccc(Br)c(F)c1. The maximum absolute atomic E-state index is 13.4.